The minimum absolute atomic E-state index is 0.0681. The van der Waals surface area contributed by atoms with Crippen molar-refractivity contribution in [2.75, 3.05) is 11.4 Å². The molecule has 0 aromatic carbocycles. The zero-order valence-corrected chi connectivity index (χ0v) is 16.7. The Morgan fingerprint density at radius 2 is 2.15 bits per heavy atom. The molecule has 0 saturated carbocycles. The molecule has 0 unspecified atom stereocenters. The Hall–Kier alpha value is -2.32. The summed E-state index contributed by atoms with van der Waals surface area (Å²) < 4.78 is 5.32. The van der Waals surface area contributed by atoms with Gasteiger partial charge in [-0.15, -0.1) is 22.7 Å². The molecule has 136 valence electrons. The van der Waals surface area contributed by atoms with E-state index in [2.05, 4.69) is 16.9 Å². The van der Waals surface area contributed by atoms with Crippen molar-refractivity contribution in [1.82, 2.24) is 4.98 Å². The first-order valence-electron chi connectivity index (χ1n) is 8.28. The molecule has 0 bridgehead atoms. The van der Waals surface area contributed by atoms with Crippen LogP contribution in [0.15, 0.2) is 22.1 Å². The molecule has 1 aliphatic heterocycles. The molecule has 0 radical (unpaired) electrons. The zero-order valence-electron chi connectivity index (χ0n) is 15.0. The second-order valence-electron chi connectivity index (χ2n) is 5.72. The maximum absolute atomic E-state index is 12.1. The summed E-state index contributed by atoms with van der Waals surface area (Å²) in [6, 6.07) is 1.99. The summed E-state index contributed by atoms with van der Waals surface area (Å²) in [7, 11) is 0. The van der Waals surface area contributed by atoms with Crippen LogP contribution in [0.4, 0.5) is 5.13 Å². The second-order valence-corrected chi connectivity index (χ2v) is 7.70. The number of aromatic nitrogens is 1. The van der Waals surface area contributed by atoms with Crippen LogP contribution in [0.5, 0.6) is 0 Å². The molecule has 26 heavy (non-hydrogen) atoms. The number of esters is 1. The smallest absolute Gasteiger partial charge is 0.363 e. The molecular formula is C18H19N3O3S2. The number of carbonyl (C=O) groups excluding carboxylic acids is 2. The van der Waals surface area contributed by atoms with Crippen LogP contribution in [0.25, 0.3) is 6.08 Å². The van der Waals surface area contributed by atoms with E-state index in [1.165, 1.54) is 28.7 Å². The highest BCUT2D eigenvalue weighted by Crippen LogP contribution is 2.28. The highest BCUT2D eigenvalue weighted by molar-refractivity contribution is 7.14. The average Bonchev–Trinajstić information content (AvgIpc) is 3.28. The Kier molecular flexibility index (Phi) is 5.33. The van der Waals surface area contributed by atoms with Crippen molar-refractivity contribution < 1.29 is 14.3 Å². The number of anilines is 1. The van der Waals surface area contributed by atoms with Crippen LogP contribution in [0, 0.1) is 6.92 Å². The highest BCUT2D eigenvalue weighted by atomic mass is 32.1. The van der Waals surface area contributed by atoms with Crippen LogP contribution in [-0.4, -0.2) is 29.3 Å². The Morgan fingerprint density at radius 1 is 1.38 bits per heavy atom. The summed E-state index contributed by atoms with van der Waals surface area (Å²) >= 11 is 2.94. The average molecular weight is 390 g/mol. The highest BCUT2D eigenvalue weighted by Gasteiger charge is 2.26. The second kappa shape index (κ2) is 7.51. The summed E-state index contributed by atoms with van der Waals surface area (Å²) in [4.78, 5) is 36.2. The normalized spacial score (nSPS) is 15.3. The molecular weight excluding hydrogens is 370 g/mol. The molecule has 2 aromatic rings. The van der Waals surface area contributed by atoms with Crippen molar-refractivity contribution in [1.29, 1.82) is 0 Å². The minimum Gasteiger partial charge on any atom is -0.401 e. The molecule has 0 atom stereocenters. The molecule has 2 aromatic heterocycles. The summed E-state index contributed by atoms with van der Waals surface area (Å²) in [5.74, 6) is -0.220. The van der Waals surface area contributed by atoms with Crippen molar-refractivity contribution in [3.05, 3.63) is 38.2 Å². The van der Waals surface area contributed by atoms with Gasteiger partial charge in [0.2, 0.25) is 11.8 Å². The minimum atomic E-state index is -0.488. The van der Waals surface area contributed by atoms with E-state index in [4.69, 9.17) is 4.74 Å². The number of aliphatic imine (C=N–C) groups is 1. The standard InChI is InChI=1S/C18H19N3O3S2/c1-5-14-10(3)7-15(26-14)16-20-13(17(23)24-16)8-12-9-25-18(19-12)21(6-2)11(4)22/h7-9H,5-6H2,1-4H3/b13-8-. The van der Waals surface area contributed by atoms with E-state index in [-0.39, 0.29) is 11.6 Å². The number of thiophene rings is 1. The van der Waals surface area contributed by atoms with E-state index in [1.54, 1.807) is 27.7 Å². The van der Waals surface area contributed by atoms with Gasteiger partial charge in [-0.3, -0.25) is 9.69 Å². The lowest BCUT2D eigenvalue weighted by Crippen LogP contribution is -2.27. The van der Waals surface area contributed by atoms with Crippen molar-refractivity contribution in [3.63, 3.8) is 0 Å². The lowest BCUT2D eigenvalue weighted by atomic mass is 10.2. The molecule has 0 N–H and O–H groups in total. The number of rotatable bonds is 5. The molecule has 8 heteroatoms. The predicted octanol–water partition coefficient (Wildman–Crippen LogP) is 3.79. The van der Waals surface area contributed by atoms with E-state index < -0.39 is 5.97 Å². The fraction of sp³-hybridized carbons (Fsp3) is 0.333. The molecule has 1 amide bonds. The topological polar surface area (TPSA) is 71.9 Å². The Morgan fingerprint density at radius 3 is 2.77 bits per heavy atom. The van der Waals surface area contributed by atoms with Gasteiger partial charge in [-0.2, -0.15) is 0 Å². The maximum Gasteiger partial charge on any atom is 0.363 e. The number of nitrogens with zero attached hydrogens (tertiary/aromatic N) is 3. The first-order chi connectivity index (χ1) is 12.4. The third-order valence-electron chi connectivity index (χ3n) is 3.89. The third-order valence-corrected chi connectivity index (χ3v) is 6.15. The Labute approximate surface area is 159 Å². The lowest BCUT2D eigenvalue weighted by molar-refractivity contribution is -0.129. The number of thiazole rings is 1. The first kappa shape index (κ1) is 18.5. The molecule has 3 rings (SSSR count). The maximum atomic E-state index is 12.1. The van der Waals surface area contributed by atoms with Crippen LogP contribution in [-0.2, 0) is 20.7 Å². The van der Waals surface area contributed by atoms with Gasteiger partial charge in [0.25, 0.3) is 0 Å². The number of ether oxygens (including phenoxy) is 1. The lowest BCUT2D eigenvalue weighted by Gasteiger charge is -2.14. The third kappa shape index (κ3) is 3.61. The van der Waals surface area contributed by atoms with E-state index in [0.29, 0.717) is 23.3 Å². The van der Waals surface area contributed by atoms with Crippen LogP contribution in [0.1, 0.15) is 41.8 Å². The molecule has 0 fully saturated rings. The molecule has 3 heterocycles. The van der Waals surface area contributed by atoms with Crippen molar-refractivity contribution in [2.24, 2.45) is 4.99 Å². The van der Waals surface area contributed by atoms with Crippen molar-refractivity contribution >= 4 is 51.7 Å². The fourth-order valence-corrected chi connectivity index (χ4v) is 4.52. The van der Waals surface area contributed by atoms with Crippen molar-refractivity contribution in [2.45, 2.75) is 34.1 Å². The van der Waals surface area contributed by atoms with E-state index in [1.807, 2.05) is 19.9 Å². The molecule has 6 nitrogen and oxygen atoms in total. The van der Waals surface area contributed by atoms with Crippen molar-refractivity contribution in [3.8, 4) is 0 Å². The molecule has 0 spiro atoms. The number of hydrogen-bond acceptors (Lipinski definition) is 7. The zero-order chi connectivity index (χ0) is 18.8. The van der Waals surface area contributed by atoms with Gasteiger partial charge in [-0.25, -0.2) is 14.8 Å². The summed E-state index contributed by atoms with van der Waals surface area (Å²) in [6.07, 6.45) is 2.52. The number of hydrogen-bond donors (Lipinski definition) is 0. The van der Waals surface area contributed by atoms with Crippen LogP contribution < -0.4 is 4.90 Å². The Balaban J connectivity index is 1.87. The van der Waals surface area contributed by atoms with Gasteiger partial charge in [0.15, 0.2) is 10.8 Å². The van der Waals surface area contributed by atoms with Crippen LogP contribution in [0.3, 0.4) is 0 Å². The van der Waals surface area contributed by atoms with Gasteiger partial charge in [0, 0.05) is 23.7 Å². The largest absolute Gasteiger partial charge is 0.401 e. The van der Waals surface area contributed by atoms with E-state index in [9.17, 15) is 9.59 Å². The molecule has 1 aliphatic rings. The quantitative estimate of drug-likeness (QED) is 0.576. The van der Waals surface area contributed by atoms with Gasteiger partial charge in [0.05, 0.1) is 10.6 Å². The predicted molar refractivity (Wildman–Crippen MR) is 105 cm³/mol. The summed E-state index contributed by atoms with van der Waals surface area (Å²) in [5, 5.41) is 2.39. The molecule has 0 saturated heterocycles. The SMILES string of the molecule is CCc1sc(C2=N/C(=C\c3csc(N(CC)C(C)=O)n3)C(=O)O2)cc1C. The number of cyclic esters (lactones) is 1. The van der Waals surface area contributed by atoms with Gasteiger partial charge in [-0.05, 0) is 38.0 Å². The van der Waals surface area contributed by atoms with Crippen LogP contribution in [0.2, 0.25) is 0 Å². The van der Waals surface area contributed by atoms with Gasteiger partial charge in [0.1, 0.15) is 0 Å². The van der Waals surface area contributed by atoms with Gasteiger partial charge >= 0.3 is 5.97 Å². The first-order valence-corrected chi connectivity index (χ1v) is 9.98. The number of amides is 1. The Bertz CT molecular complexity index is 924. The summed E-state index contributed by atoms with van der Waals surface area (Å²) in [5.41, 5.74) is 1.97. The fourth-order valence-electron chi connectivity index (χ4n) is 2.59. The monoisotopic (exact) mass is 389 g/mol. The van der Waals surface area contributed by atoms with Gasteiger partial charge in [-0.1, -0.05) is 6.92 Å². The summed E-state index contributed by atoms with van der Waals surface area (Å²) in [6.45, 7) is 8.07. The van der Waals surface area contributed by atoms with Crippen LogP contribution >= 0.6 is 22.7 Å². The number of aryl methyl sites for hydroxylation is 2. The van der Waals surface area contributed by atoms with E-state index in [0.717, 1.165) is 11.3 Å². The number of carbonyl (C=O) groups is 2. The van der Waals surface area contributed by atoms with Gasteiger partial charge < -0.3 is 4.74 Å². The molecule has 0 aliphatic carbocycles. The van der Waals surface area contributed by atoms with E-state index >= 15 is 0 Å².